The van der Waals surface area contributed by atoms with Crippen molar-refractivity contribution in [3.63, 3.8) is 0 Å². The number of nitrogens with zero attached hydrogens (tertiary/aromatic N) is 4. The third-order valence-electron chi connectivity index (χ3n) is 3.53. The lowest BCUT2D eigenvalue weighted by atomic mass is 10.2. The molecule has 0 spiro atoms. The second-order valence-corrected chi connectivity index (χ2v) is 6.23. The summed E-state index contributed by atoms with van der Waals surface area (Å²) in [7, 11) is 3.51. The zero-order valence-corrected chi connectivity index (χ0v) is 14.6. The molecule has 0 atom stereocenters. The summed E-state index contributed by atoms with van der Waals surface area (Å²) in [6.07, 6.45) is 0. The van der Waals surface area contributed by atoms with E-state index in [0.717, 1.165) is 27.8 Å². The van der Waals surface area contributed by atoms with Crippen LogP contribution >= 0.6 is 23.1 Å². The molecule has 0 aliphatic carbocycles. The van der Waals surface area contributed by atoms with Gasteiger partial charge in [0.05, 0.1) is 18.5 Å². The second-order valence-electron chi connectivity index (χ2n) is 4.99. The van der Waals surface area contributed by atoms with Gasteiger partial charge in [-0.1, -0.05) is 23.7 Å². The van der Waals surface area contributed by atoms with E-state index in [1.165, 1.54) is 11.5 Å². The fourth-order valence-corrected chi connectivity index (χ4v) is 3.14. The summed E-state index contributed by atoms with van der Waals surface area (Å²) in [4.78, 5) is 0.934. The molecule has 2 heterocycles. The molecule has 1 aromatic carbocycles. The van der Waals surface area contributed by atoms with E-state index in [9.17, 15) is 0 Å². The van der Waals surface area contributed by atoms with Gasteiger partial charge in [0.15, 0.2) is 5.82 Å². The molecule has 0 aliphatic rings. The van der Waals surface area contributed by atoms with E-state index >= 15 is 0 Å². The first-order valence-corrected chi connectivity index (χ1v) is 8.13. The van der Waals surface area contributed by atoms with Crippen molar-refractivity contribution >= 4 is 28.8 Å². The van der Waals surface area contributed by atoms with Crippen molar-refractivity contribution in [3.8, 4) is 17.3 Å². The van der Waals surface area contributed by atoms with Crippen LogP contribution in [0.2, 0.25) is 5.02 Å². The summed E-state index contributed by atoms with van der Waals surface area (Å²) in [6.45, 7) is 2.51. The van der Waals surface area contributed by atoms with Gasteiger partial charge in [0.1, 0.15) is 10.8 Å². The molecular weight excluding hydrogens is 334 g/mol. The van der Waals surface area contributed by atoms with E-state index in [0.29, 0.717) is 17.4 Å². The van der Waals surface area contributed by atoms with Gasteiger partial charge >= 0.3 is 0 Å². The van der Waals surface area contributed by atoms with Crippen LogP contribution in [0.4, 0.5) is 5.69 Å². The van der Waals surface area contributed by atoms with Crippen molar-refractivity contribution in [1.29, 1.82) is 0 Å². The van der Waals surface area contributed by atoms with Gasteiger partial charge in [-0.2, -0.15) is 4.37 Å². The topological polar surface area (TPSA) is 64.9 Å². The smallest absolute Gasteiger partial charge is 0.244 e. The van der Waals surface area contributed by atoms with Crippen LogP contribution < -0.4 is 10.1 Å². The number of anilines is 1. The van der Waals surface area contributed by atoms with Crippen LogP contribution in [0.25, 0.3) is 11.4 Å². The Morgan fingerprint density at radius 3 is 2.83 bits per heavy atom. The number of aryl methyl sites for hydroxylation is 1. The standard InChI is InChI=1S/C15H16ClN5OS/c1-9-18-19-14(21(9)2)10-5-4-6-11(7-10)17-8-12-13(16)15(22-3)20-23-12/h4-7,17H,8H2,1-3H3. The lowest BCUT2D eigenvalue weighted by molar-refractivity contribution is 0.402. The third kappa shape index (κ3) is 3.16. The third-order valence-corrected chi connectivity index (χ3v) is 4.86. The molecular formula is C15H16ClN5OS. The molecule has 6 nitrogen and oxygen atoms in total. The number of hydrogen-bond acceptors (Lipinski definition) is 6. The Balaban J connectivity index is 1.78. The Labute approximate surface area is 143 Å². The molecule has 0 bridgehead atoms. The zero-order chi connectivity index (χ0) is 16.4. The molecule has 0 amide bonds. The maximum atomic E-state index is 6.20. The second kappa shape index (κ2) is 6.55. The van der Waals surface area contributed by atoms with Gasteiger partial charge in [-0.05, 0) is 30.6 Å². The quantitative estimate of drug-likeness (QED) is 0.763. The molecule has 120 valence electrons. The van der Waals surface area contributed by atoms with Crippen LogP contribution in [-0.4, -0.2) is 26.2 Å². The number of halogens is 1. The number of hydrogen-bond donors (Lipinski definition) is 1. The molecule has 3 aromatic rings. The van der Waals surface area contributed by atoms with Crippen molar-refractivity contribution < 1.29 is 4.74 Å². The minimum Gasteiger partial charge on any atom is -0.479 e. The van der Waals surface area contributed by atoms with Gasteiger partial charge in [0.25, 0.3) is 0 Å². The largest absolute Gasteiger partial charge is 0.479 e. The summed E-state index contributed by atoms with van der Waals surface area (Å²) in [5, 5.41) is 12.2. The number of rotatable bonds is 5. The van der Waals surface area contributed by atoms with Crippen LogP contribution in [0.1, 0.15) is 10.7 Å². The molecule has 0 fully saturated rings. The lowest BCUT2D eigenvalue weighted by Gasteiger charge is -2.07. The molecule has 0 saturated carbocycles. The SMILES string of the molecule is COc1nsc(CNc2cccc(-c3nnc(C)n3C)c2)c1Cl. The predicted octanol–water partition coefficient (Wildman–Crippen LogP) is 3.52. The van der Waals surface area contributed by atoms with Crippen molar-refractivity contribution in [2.45, 2.75) is 13.5 Å². The summed E-state index contributed by atoms with van der Waals surface area (Å²) in [5.74, 6) is 2.18. The molecule has 0 saturated heterocycles. The fourth-order valence-electron chi connectivity index (χ4n) is 2.14. The number of ether oxygens (including phenoxy) is 1. The first-order valence-electron chi connectivity index (χ1n) is 6.98. The Kier molecular flexibility index (Phi) is 4.49. The summed E-state index contributed by atoms with van der Waals surface area (Å²) in [6, 6.07) is 8.03. The van der Waals surface area contributed by atoms with Crippen LogP contribution in [0.3, 0.4) is 0 Å². The molecule has 0 aliphatic heterocycles. The molecule has 23 heavy (non-hydrogen) atoms. The molecule has 2 aromatic heterocycles. The maximum Gasteiger partial charge on any atom is 0.244 e. The maximum absolute atomic E-state index is 6.20. The van der Waals surface area contributed by atoms with Gasteiger partial charge in [0.2, 0.25) is 5.88 Å². The number of benzene rings is 1. The van der Waals surface area contributed by atoms with Gasteiger partial charge < -0.3 is 14.6 Å². The summed E-state index contributed by atoms with van der Waals surface area (Å²) in [5.41, 5.74) is 1.98. The van der Waals surface area contributed by atoms with E-state index in [-0.39, 0.29) is 0 Å². The average molecular weight is 350 g/mol. The van der Waals surface area contributed by atoms with E-state index in [4.69, 9.17) is 16.3 Å². The van der Waals surface area contributed by atoms with Gasteiger partial charge in [-0.25, -0.2) is 0 Å². The normalized spacial score (nSPS) is 10.8. The Hall–Kier alpha value is -2.12. The molecule has 3 rings (SSSR count). The van der Waals surface area contributed by atoms with E-state index in [2.05, 4.69) is 19.9 Å². The van der Waals surface area contributed by atoms with Gasteiger partial charge in [-0.15, -0.1) is 10.2 Å². The zero-order valence-electron chi connectivity index (χ0n) is 13.0. The summed E-state index contributed by atoms with van der Waals surface area (Å²) < 4.78 is 11.2. The Bertz CT molecular complexity index is 829. The molecule has 0 unspecified atom stereocenters. The van der Waals surface area contributed by atoms with Gasteiger partial charge in [-0.3, -0.25) is 0 Å². The van der Waals surface area contributed by atoms with Crippen LogP contribution in [0, 0.1) is 6.92 Å². The minimum atomic E-state index is 0.469. The highest BCUT2D eigenvalue weighted by Crippen LogP contribution is 2.31. The molecule has 8 heteroatoms. The van der Waals surface area contributed by atoms with E-state index in [1.54, 1.807) is 7.11 Å². The van der Waals surface area contributed by atoms with Crippen LogP contribution in [-0.2, 0) is 13.6 Å². The van der Waals surface area contributed by atoms with E-state index in [1.807, 2.05) is 42.8 Å². The number of nitrogens with one attached hydrogen (secondary N) is 1. The van der Waals surface area contributed by atoms with Crippen molar-refractivity contribution in [2.24, 2.45) is 7.05 Å². The van der Waals surface area contributed by atoms with Crippen molar-refractivity contribution in [1.82, 2.24) is 19.1 Å². The average Bonchev–Trinajstić information content (AvgIpc) is 3.09. The van der Waals surface area contributed by atoms with Crippen molar-refractivity contribution in [2.75, 3.05) is 12.4 Å². The van der Waals surface area contributed by atoms with E-state index < -0.39 is 0 Å². The summed E-state index contributed by atoms with van der Waals surface area (Å²) >= 11 is 7.53. The van der Waals surface area contributed by atoms with Gasteiger partial charge in [0, 0.05) is 18.3 Å². The van der Waals surface area contributed by atoms with Crippen molar-refractivity contribution in [3.05, 3.63) is 40.0 Å². The van der Waals surface area contributed by atoms with Crippen LogP contribution in [0.15, 0.2) is 24.3 Å². The number of aromatic nitrogens is 4. The first kappa shape index (κ1) is 15.8. The highest BCUT2D eigenvalue weighted by Gasteiger charge is 2.12. The van der Waals surface area contributed by atoms with Crippen LogP contribution in [0.5, 0.6) is 5.88 Å². The lowest BCUT2D eigenvalue weighted by Crippen LogP contribution is -1.99. The Morgan fingerprint density at radius 1 is 1.35 bits per heavy atom. The fraction of sp³-hybridized carbons (Fsp3) is 0.267. The Morgan fingerprint density at radius 2 is 2.17 bits per heavy atom. The highest BCUT2D eigenvalue weighted by atomic mass is 35.5. The minimum absolute atomic E-state index is 0.469. The number of methoxy groups -OCH3 is 1. The molecule has 1 N–H and O–H groups in total. The highest BCUT2D eigenvalue weighted by molar-refractivity contribution is 7.06. The molecule has 0 radical (unpaired) electrons. The monoisotopic (exact) mass is 349 g/mol. The first-order chi connectivity index (χ1) is 11.1. The predicted molar refractivity (Wildman–Crippen MR) is 92.2 cm³/mol.